The monoisotopic (exact) mass is 1040 g/mol. The first kappa shape index (κ1) is 56.2. The molecular weight excluding hydrogens is 967 g/mol. The van der Waals surface area contributed by atoms with Crippen molar-refractivity contribution in [1.29, 1.82) is 0 Å². The number of rotatable bonds is 20. The Kier molecular flexibility index (Phi) is 17.3. The Morgan fingerprint density at radius 2 is 1.39 bits per heavy atom. The molecule has 3 aliphatic carbocycles. The summed E-state index contributed by atoms with van der Waals surface area (Å²) >= 11 is 0. The predicted octanol–water partition coefficient (Wildman–Crippen LogP) is 7.83. The Balaban J connectivity index is 1.46. The highest BCUT2D eigenvalue weighted by Crippen LogP contribution is 2.65. The van der Waals surface area contributed by atoms with Gasteiger partial charge in [-0.15, -0.1) is 0 Å². The number of benzene rings is 3. The molecule has 2 saturated carbocycles. The lowest BCUT2D eigenvalue weighted by Gasteiger charge is -2.68. The number of hydrogen-bond acceptors (Lipinski definition) is 15. The third-order valence-electron chi connectivity index (χ3n) is 16.5. The van der Waals surface area contributed by atoms with Gasteiger partial charge in [0.25, 0.3) is 5.91 Å². The number of carbonyl (C=O) groups is 6. The number of hydrogen-bond donors (Lipinski definition) is 2. The molecule has 74 heavy (non-hydrogen) atoms. The Bertz CT molecular complexity index is 2540. The van der Waals surface area contributed by atoms with E-state index in [0.717, 1.165) is 0 Å². The number of ketones is 1. The van der Waals surface area contributed by atoms with Gasteiger partial charge in [0.05, 0.1) is 48.9 Å². The molecule has 1 amide bonds. The first-order valence-corrected chi connectivity index (χ1v) is 28.4. The van der Waals surface area contributed by atoms with Gasteiger partial charge in [0.1, 0.15) is 23.9 Å². The van der Waals surface area contributed by atoms with Crippen molar-refractivity contribution < 1.29 is 71.5 Å². The van der Waals surface area contributed by atoms with Crippen LogP contribution in [-0.2, 0) is 56.8 Å². The van der Waals surface area contributed by atoms with Gasteiger partial charge in [-0.1, -0.05) is 101 Å². The van der Waals surface area contributed by atoms with Crippen LogP contribution in [0.1, 0.15) is 114 Å². The number of esters is 4. The second-order valence-electron chi connectivity index (χ2n) is 20.7. The molecule has 3 aromatic carbocycles. The maximum absolute atomic E-state index is 16.5. The van der Waals surface area contributed by atoms with E-state index in [9.17, 15) is 24.3 Å². The van der Waals surface area contributed by atoms with Crippen LogP contribution >= 0.6 is 0 Å². The summed E-state index contributed by atoms with van der Waals surface area (Å²) in [5.74, 6) is -5.90. The highest BCUT2D eigenvalue weighted by Gasteiger charge is 2.79. The van der Waals surface area contributed by atoms with Crippen molar-refractivity contribution in [2.24, 2.45) is 16.7 Å². The molecule has 1 heterocycles. The van der Waals surface area contributed by atoms with E-state index >= 15 is 9.59 Å². The minimum Gasteiger partial charge on any atom is -0.456 e. The first-order chi connectivity index (χ1) is 35.2. The van der Waals surface area contributed by atoms with E-state index in [0.29, 0.717) is 35.9 Å². The summed E-state index contributed by atoms with van der Waals surface area (Å²) < 4.78 is 51.5. The van der Waals surface area contributed by atoms with Gasteiger partial charge in [-0.05, 0) is 79.9 Å². The number of amides is 1. The number of aliphatic hydroxyl groups is 1. The molecular formula is C57H73NO15Si. The number of fused-ring (bicyclic) bond motifs is 5. The molecule has 0 radical (unpaired) electrons. The molecule has 2 N–H and O–H groups in total. The lowest BCUT2D eigenvalue weighted by atomic mass is 9.44. The van der Waals surface area contributed by atoms with E-state index in [-0.39, 0.29) is 43.0 Å². The SMILES string of the molecule is CCOCCO[C@@H](C(=O)O[C@H]1C[C@@]2(O)[C@@H](OC(=O)c3ccccc3)C3[C@](C)(C(=O)[C@H](OC(C)=O)C(=C1C)C2(C)C)[C@@H](O[Si](CC)(CC)CC)C[C@H]1OC[C@@]31OC(C)=O)[C@@H](NC(=O)c1ccccc1)c1ccccc1. The zero-order chi connectivity index (χ0) is 53.8. The lowest BCUT2D eigenvalue weighted by molar-refractivity contribution is -0.344. The molecule has 1 aliphatic heterocycles. The Morgan fingerprint density at radius 3 is 1.93 bits per heavy atom. The number of Topliss-reactive ketones (excluding diaryl/α,β-unsaturated/α-hetero) is 1. The van der Waals surface area contributed by atoms with Crippen LogP contribution in [0.15, 0.2) is 102 Å². The van der Waals surface area contributed by atoms with Crippen molar-refractivity contribution in [2.45, 2.75) is 154 Å². The van der Waals surface area contributed by atoms with Gasteiger partial charge in [0.15, 0.2) is 31.9 Å². The van der Waals surface area contributed by atoms with Gasteiger partial charge < -0.3 is 48.0 Å². The first-order valence-electron chi connectivity index (χ1n) is 25.9. The second kappa shape index (κ2) is 22.7. The van der Waals surface area contributed by atoms with Crippen molar-refractivity contribution >= 4 is 43.9 Å². The van der Waals surface area contributed by atoms with Crippen LogP contribution in [0.2, 0.25) is 18.1 Å². The number of ether oxygens (including phenoxy) is 7. The summed E-state index contributed by atoms with van der Waals surface area (Å²) in [6.45, 7) is 17.2. The smallest absolute Gasteiger partial charge is 0.338 e. The third kappa shape index (κ3) is 10.4. The quantitative estimate of drug-likeness (QED) is 0.0363. The Hall–Kier alpha value is -5.56. The molecule has 7 rings (SSSR count). The Labute approximate surface area is 435 Å². The zero-order valence-corrected chi connectivity index (χ0v) is 45.3. The normalized spacial score (nSPS) is 28.9. The summed E-state index contributed by atoms with van der Waals surface area (Å²) in [6, 6.07) is 26.4. The highest BCUT2D eigenvalue weighted by atomic mass is 28.4. The topological polar surface area (TPSA) is 209 Å². The van der Waals surface area contributed by atoms with Gasteiger partial charge in [-0.2, -0.15) is 0 Å². The van der Waals surface area contributed by atoms with Gasteiger partial charge in [-0.25, -0.2) is 9.59 Å². The van der Waals surface area contributed by atoms with Gasteiger partial charge in [0.2, 0.25) is 0 Å². The summed E-state index contributed by atoms with van der Waals surface area (Å²) in [5.41, 5.74) is -6.13. The van der Waals surface area contributed by atoms with Crippen molar-refractivity contribution in [3.63, 3.8) is 0 Å². The van der Waals surface area contributed by atoms with Crippen LogP contribution in [0.4, 0.5) is 0 Å². The molecule has 0 spiro atoms. The fourth-order valence-electron chi connectivity index (χ4n) is 12.2. The number of carbonyl (C=O) groups excluding carboxylic acids is 6. The fraction of sp³-hybridized carbons (Fsp3) is 0.544. The molecule has 16 nitrogen and oxygen atoms in total. The van der Waals surface area contributed by atoms with Crippen LogP contribution in [0.25, 0.3) is 0 Å². The third-order valence-corrected chi connectivity index (χ3v) is 21.1. The van der Waals surface area contributed by atoms with E-state index in [4.69, 9.17) is 37.6 Å². The average Bonchev–Trinajstić information content (AvgIpc) is 3.38. The van der Waals surface area contributed by atoms with E-state index < -0.39 is 121 Å². The summed E-state index contributed by atoms with van der Waals surface area (Å²) in [7, 11) is -2.65. The molecule has 17 heteroatoms. The zero-order valence-electron chi connectivity index (χ0n) is 44.3. The molecule has 3 fully saturated rings. The molecule has 11 atom stereocenters. The maximum atomic E-state index is 16.5. The number of nitrogens with one attached hydrogen (secondary N) is 1. The van der Waals surface area contributed by atoms with Crippen LogP contribution in [0.3, 0.4) is 0 Å². The van der Waals surface area contributed by atoms with Gasteiger partial charge >= 0.3 is 23.9 Å². The summed E-state index contributed by atoms with van der Waals surface area (Å²) in [4.78, 5) is 87.7. The molecule has 1 saturated heterocycles. The minimum atomic E-state index is -2.65. The van der Waals surface area contributed by atoms with Crippen molar-refractivity contribution in [1.82, 2.24) is 5.32 Å². The molecule has 2 bridgehead atoms. The van der Waals surface area contributed by atoms with Crippen LogP contribution < -0.4 is 5.32 Å². The summed E-state index contributed by atoms with van der Waals surface area (Å²) in [5, 5.41) is 17.3. The largest absolute Gasteiger partial charge is 0.456 e. The average molecular weight is 1040 g/mol. The van der Waals surface area contributed by atoms with Gasteiger partial charge in [-0.3, -0.25) is 19.2 Å². The van der Waals surface area contributed by atoms with Crippen LogP contribution in [-0.4, -0.2) is 123 Å². The van der Waals surface area contributed by atoms with Gasteiger partial charge in [0, 0.05) is 44.3 Å². The van der Waals surface area contributed by atoms with E-state index in [1.807, 2.05) is 6.92 Å². The molecule has 0 aromatic heterocycles. The molecule has 4 aliphatic rings. The second-order valence-corrected chi connectivity index (χ2v) is 25.5. The molecule has 400 valence electrons. The van der Waals surface area contributed by atoms with E-state index in [1.54, 1.807) is 119 Å². The van der Waals surface area contributed by atoms with Crippen molar-refractivity contribution in [2.75, 3.05) is 26.4 Å². The van der Waals surface area contributed by atoms with Crippen LogP contribution in [0, 0.1) is 16.7 Å². The van der Waals surface area contributed by atoms with E-state index in [1.165, 1.54) is 13.8 Å². The summed E-state index contributed by atoms with van der Waals surface area (Å²) in [6.07, 6.45) is -8.65. The molecule has 1 unspecified atom stereocenters. The minimum absolute atomic E-state index is 0.0844. The van der Waals surface area contributed by atoms with Crippen molar-refractivity contribution in [3.05, 3.63) is 119 Å². The maximum Gasteiger partial charge on any atom is 0.338 e. The van der Waals surface area contributed by atoms with E-state index in [2.05, 4.69) is 26.1 Å². The Morgan fingerprint density at radius 1 is 0.797 bits per heavy atom. The molecule has 3 aromatic rings. The standard InChI is InChI=1S/C57H73NO15Si/c1-11-66-30-31-67-47(45(38-24-18-15-19-25-38)58-51(62)39-26-20-16-21-27-39)53(64)70-41-33-57(65)50(71-52(63)40-28-22-17-23-29-40)48-55(10,49(61)46(69-36(6)59)44(35(41)5)54(57,8)9)42(73-74(12-2,13-3)14-4)32-43-56(48,34-68-43)72-37(7)60/h15-29,41-43,45-48,50,65H,11-14,30-34H2,1-10H3,(H,58,62)/t41-,42-,43+,45-,46+,47+,48?,50-,55+,56-,57+/m0/s1. The van der Waals surface area contributed by atoms with Crippen LogP contribution in [0.5, 0.6) is 0 Å². The predicted molar refractivity (Wildman–Crippen MR) is 274 cm³/mol. The highest BCUT2D eigenvalue weighted by molar-refractivity contribution is 6.73. The fourth-order valence-corrected chi connectivity index (χ4v) is 15.1. The van der Waals surface area contributed by atoms with Crippen molar-refractivity contribution in [3.8, 4) is 0 Å². The lowest BCUT2D eigenvalue weighted by Crippen LogP contribution is -2.82.